The number of H-pyrrole nitrogens is 1. The van der Waals surface area contributed by atoms with Crippen molar-refractivity contribution in [1.82, 2.24) is 25.1 Å². The topological polar surface area (TPSA) is 75.6 Å². The Labute approximate surface area is 150 Å². The Morgan fingerprint density at radius 1 is 1.19 bits per heavy atom. The van der Waals surface area contributed by atoms with Crippen LogP contribution in [0.4, 0.5) is 0 Å². The molecule has 0 radical (unpaired) electrons. The molecular weight excluding hydrogens is 326 g/mol. The number of carbonyl (C=O) groups is 1. The van der Waals surface area contributed by atoms with E-state index in [0.29, 0.717) is 12.1 Å². The van der Waals surface area contributed by atoms with Gasteiger partial charge in [-0.1, -0.05) is 12.1 Å². The maximum absolute atomic E-state index is 12.4. The van der Waals surface area contributed by atoms with Gasteiger partial charge in [0, 0.05) is 59.8 Å². The Morgan fingerprint density at radius 2 is 2.00 bits per heavy atom. The maximum atomic E-state index is 12.4. The molecule has 0 aliphatic rings. The first-order valence-electron chi connectivity index (χ1n) is 8.41. The minimum atomic E-state index is -0.104. The van der Waals surface area contributed by atoms with Crippen molar-refractivity contribution in [2.24, 2.45) is 7.05 Å². The first kappa shape index (κ1) is 16.1. The molecule has 0 aliphatic carbocycles. The Hall–Kier alpha value is -3.41. The summed E-state index contributed by atoms with van der Waals surface area (Å²) in [5.74, 6) is -0.104. The predicted molar refractivity (Wildman–Crippen MR) is 101 cm³/mol. The molecule has 130 valence electrons. The van der Waals surface area contributed by atoms with E-state index in [0.717, 1.165) is 33.4 Å². The summed E-state index contributed by atoms with van der Waals surface area (Å²) in [5, 5.41) is 8.29. The second kappa shape index (κ2) is 6.48. The highest BCUT2D eigenvalue weighted by molar-refractivity contribution is 5.96. The average molecular weight is 345 g/mol. The molecule has 0 unspecified atom stereocenters. The summed E-state index contributed by atoms with van der Waals surface area (Å²) in [4.78, 5) is 20.1. The lowest BCUT2D eigenvalue weighted by molar-refractivity contribution is 0.0951. The van der Waals surface area contributed by atoms with E-state index in [9.17, 15) is 4.79 Å². The number of aryl methyl sites for hydroxylation is 2. The molecule has 4 rings (SSSR count). The van der Waals surface area contributed by atoms with Crippen LogP contribution in [0.5, 0.6) is 0 Å². The summed E-state index contributed by atoms with van der Waals surface area (Å²) in [6.45, 7) is 2.40. The van der Waals surface area contributed by atoms with Gasteiger partial charge in [0.05, 0.1) is 11.4 Å². The average Bonchev–Trinajstić information content (AvgIpc) is 3.25. The lowest BCUT2D eigenvalue weighted by Crippen LogP contribution is -2.22. The number of nitrogens with one attached hydrogen (secondary N) is 2. The molecule has 6 heteroatoms. The van der Waals surface area contributed by atoms with Gasteiger partial charge in [0.25, 0.3) is 5.91 Å². The fourth-order valence-electron chi connectivity index (χ4n) is 3.09. The van der Waals surface area contributed by atoms with Crippen molar-refractivity contribution in [2.75, 3.05) is 0 Å². The minimum absolute atomic E-state index is 0.104. The third kappa shape index (κ3) is 2.97. The monoisotopic (exact) mass is 345 g/mol. The Kier molecular flexibility index (Phi) is 4.01. The number of pyridine rings is 1. The molecule has 2 N–H and O–H groups in total. The number of fused-ring (bicyclic) bond motifs is 1. The quantitative estimate of drug-likeness (QED) is 0.596. The summed E-state index contributed by atoms with van der Waals surface area (Å²) < 4.78 is 1.75. The smallest absolute Gasteiger partial charge is 0.251 e. The van der Waals surface area contributed by atoms with Gasteiger partial charge in [0.2, 0.25) is 0 Å². The number of hydrogen-bond acceptors (Lipinski definition) is 3. The minimum Gasteiger partial charge on any atom is -0.361 e. The Morgan fingerprint density at radius 3 is 2.73 bits per heavy atom. The molecule has 0 saturated heterocycles. The van der Waals surface area contributed by atoms with Crippen LogP contribution in [-0.4, -0.2) is 25.7 Å². The highest BCUT2D eigenvalue weighted by atomic mass is 16.1. The van der Waals surface area contributed by atoms with Gasteiger partial charge in [0.1, 0.15) is 0 Å². The van der Waals surface area contributed by atoms with Gasteiger partial charge in [-0.05, 0) is 31.2 Å². The lowest BCUT2D eigenvalue weighted by atomic mass is 10.1. The van der Waals surface area contributed by atoms with E-state index in [4.69, 9.17) is 0 Å². The van der Waals surface area contributed by atoms with Crippen molar-refractivity contribution in [3.63, 3.8) is 0 Å². The number of benzene rings is 1. The van der Waals surface area contributed by atoms with Gasteiger partial charge >= 0.3 is 0 Å². The second-order valence-corrected chi connectivity index (χ2v) is 6.27. The number of amides is 1. The number of rotatable bonds is 4. The second-order valence-electron chi connectivity index (χ2n) is 6.27. The van der Waals surface area contributed by atoms with E-state index < -0.39 is 0 Å². The number of nitrogens with zero attached hydrogens (tertiary/aromatic N) is 3. The van der Waals surface area contributed by atoms with E-state index in [1.807, 2.05) is 62.8 Å². The molecular formula is C20H19N5O. The molecule has 26 heavy (non-hydrogen) atoms. The van der Waals surface area contributed by atoms with Crippen molar-refractivity contribution in [3.05, 3.63) is 71.8 Å². The van der Waals surface area contributed by atoms with Crippen LogP contribution in [0.25, 0.3) is 22.2 Å². The molecule has 3 aromatic heterocycles. The largest absolute Gasteiger partial charge is 0.361 e. The molecule has 0 aliphatic heterocycles. The van der Waals surface area contributed by atoms with Gasteiger partial charge in [-0.15, -0.1) is 0 Å². The van der Waals surface area contributed by atoms with Crippen molar-refractivity contribution in [3.8, 4) is 11.3 Å². The summed E-state index contributed by atoms with van der Waals surface area (Å²) in [6, 6.07) is 11.5. The molecule has 0 atom stereocenters. The Bertz CT molecular complexity index is 1080. The van der Waals surface area contributed by atoms with Crippen LogP contribution in [0.1, 0.15) is 21.6 Å². The van der Waals surface area contributed by atoms with E-state index in [1.54, 1.807) is 10.9 Å². The highest BCUT2D eigenvalue weighted by Gasteiger charge is 2.10. The molecule has 4 aromatic rings. The van der Waals surface area contributed by atoms with E-state index >= 15 is 0 Å². The van der Waals surface area contributed by atoms with Gasteiger partial charge in [-0.3, -0.25) is 14.5 Å². The normalized spacial score (nSPS) is 11.0. The summed E-state index contributed by atoms with van der Waals surface area (Å²) >= 11 is 0. The van der Waals surface area contributed by atoms with E-state index in [1.165, 1.54) is 0 Å². The van der Waals surface area contributed by atoms with Crippen LogP contribution >= 0.6 is 0 Å². The molecule has 3 heterocycles. The third-order valence-electron chi connectivity index (χ3n) is 4.45. The zero-order valence-corrected chi connectivity index (χ0v) is 14.7. The third-order valence-corrected chi connectivity index (χ3v) is 4.45. The van der Waals surface area contributed by atoms with E-state index in [-0.39, 0.29) is 5.91 Å². The first-order chi connectivity index (χ1) is 12.6. The molecule has 0 bridgehead atoms. The van der Waals surface area contributed by atoms with Crippen LogP contribution in [-0.2, 0) is 13.6 Å². The van der Waals surface area contributed by atoms with Crippen molar-refractivity contribution in [2.45, 2.75) is 13.5 Å². The van der Waals surface area contributed by atoms with E-state index in [2.05, 4.69) is 20.4 Å². The fraction of sp³-hybridized carbons (Fsp3) is 0.150. The van der Waals surface area contributed by atoms with Gasteiger partial charge in [-0.25, -0.2) is 0 Å². The highest BCUT2D eigenvalue weighted by Crippen LogP contribution is 2.25. The SMILES string of the molecule is Cc1nn(C)cc1CNC(=O)c1ccc(-c2nccc3[nH]ccc23)cc1. The molecule has 6 nitrogen and oxygen atoms in total. The molecule has 0 saturated carbocycles. The number of aromatic amines is 1. The fourth-order valence-corrected chi connectivity index (χ4v) is 3.09. The van der Waals surface area contributed by atoms with Gasteiger partial charge in [-0.2, -0.15) is 5.10 Å². The Balaban J connectivity index is 1.51. The van der Waals surface area contributed by atoms with Crippen LogP contribution in [0, 0.1) is 6.92 Å². The number of hydrogen-bond donors (Lipinski definition) is 2. The first-order valence-corrected chi connectivity index (χ1v) is 8.41. The van der Waals surface area contributed by atoms with Crippen molar-refractivity contribution in [1.29, 1.82) is 0 Å². The van der Waals surface area contributed by atoms with Gasteiger partial charge in [0.15, 0.2) is 0 Å². The van der Waals surface area contributed by atoms with Crippen LogP contribution in [0.2, 0.25) is 0 Å². The van der Waals surface area contributed by atoms with Crippen LogP contribution in [0.3, 0.4) is 0 Å². The molecule has 1 aromatic carbocycles. The molecule has 1 amide bonds. The van der Waals surface area contributed by atoms with Crippen LogP contribution < -0.4 is 5.32 Å². The zero-order valence-electron chi connectivity index (χ0n) is 14.7. The molecule has 0 spiro atoms. The van der Waals surface area contributed by atoms with Crippen molar-refractivity contribution >= 4 is 16.8 Å². The zero-order chi connectivity index (χ0) is 18.1. The number of carbonyl (C=O) groups excluding carboxylic acids is 1. The van der Waals surface area contributed by atoms with Crippen molar-refractivity contribution < 1.29 is 4.79 Å². The maximum Gasteiger partial charge on any atom is 0.251 e. The summed E-state index contributed by atoms with van der Waals surface area (Å²) in [5.41, 5.74) is 5.49. The summed E-state index contributed by atoms with van der Waals surface area (Å²) in [6.07, 6.45) is 5.60. The summed E-state index contributed by atoms with van der Waals surface area (Å²) in [7, 11) is 1.87. The standard InChI is InChI=1S/C20H19N5O/c1-13-16(12-25(2)24-13)11-23-20(26)15-5-3-14(4-6-15)19-17-7-9-21-18(17)8-10-22-19/h3-10,12,21H,11H2,1-2H3,(H,23,26). The number of aromatic nitrogens is 4. The van der Waals surface area contributed by atoms with Crippen LogP contribution in [0.15, 0.2) is 55.0 Å². The van der Waals surface area contributed by atoms with Gasteiger partial charge < -0.3 is 10.3 Å². The molecule has 0 fully saturated rings. The lowest BCUT2D eigenvalue weighted by Gasteiger charge is -2.06. The predicted octanol–water partition coefficient (Wildman–Crippen LogP) is 3.20.